The van der Waals surface area contributed by atoms with Crippen LogP contribution < -0.4 is 16.0 Å². The second-order valence-electron chi connectivity index (χ2n) is 5.61. The van der Waals surface area contributed by atoms with Gasteiger partial charge in [-0.1, -0.05) is 25.2 Å². The first-order valence-corrected chi connectivity index (χ1v) is 7.77. The van der Waals surface area contributed by atoms with Crippen LogP contribution in [0, 0.1) is 5.92 Å². The molecule has 0 aliphatic carbocycles. The summed E-state index contributed by atoms with van der Waals surface area (Å²) in [5.74, 6) is 0.643. The van der Waals surface area contributed by atoms with E-state index in [2.05, 4.69) is 41.0 Å². The smallest absolute Gasteiger partial charge is 0.265 e. The Kier molecular flexibility index (Phi) is 4.82. The summed E-state index contributed by atoms with van der Waals surface area (Å²) in [6.07, 6.45) is 0. The van der Waals surface area contributed by atoms with Crippen molar-refractivity contribution in [2.75, 3.05) is 50.4 Å². The molecule has 0 unspecified atom stereocenters. The molecule has 1 amide bonds. The zero-order valence-electron chi connectivity index (χ0n) is 12.3. The molecule has 1 aliphatic heterocycles. The van der Waals surface area contributed by atoms with Crippen molar-refractivity contribution in [1.29, 1.82) is 0 Å². The number of nitrogens with zero attached hydrogens (tertiary/aromatic N) is 3. The van der Waals surface area contributed by atoms with E-state index in [-0.39, 0.29) is 5.91 Å². The normalized spacial score (nSPS) is 16.7. The summed E-state index contributed by atoms with van der Waals surface area (Å²) in [7, 11) is 2.11. The first-order chi connectivity index (χ1) is 9.47. The number of nitrogens with one attached hydrogen (secondary N) is 1. The van der Waals surface area contributed by atoms with E-state index in [1.54, 1.807) is 0 Å². The number of anilines is 2. The van der Waals surface area contributed by atoms with E-state index in [9.17, 15) is 4.79 Å². The highest BCUT2D eigenvalue weighted by molar-refractivity contribution is 7.18. The summed E-state index contributed by atoms with van der Waals surface area (Å²) in [6.45, 7) is 8.65. The Labute approximate surface area is 124 Å². The molecule has 2 heterocycles. The third kappa shape index (κ3) is 3.61. The predicted molar refractivity (Wildman–Crippen MR) is 83.4 cm³/mol. The molecule has 2 rings (SSSR count). The summed E-state index contributed by atoms with van der Waals surface area (Å²) in [4.78, 5) is 21.4. The third-order valence-corrected chi connectivity index (χ3v) is 4.42. The molecule has 0 bridgehead atoms. The SMILES string of the molecule is CC(C)CNC(=O)c1sc(N2CCN(C)CC2)nc1N. The number of piperazine rings is 1. The number of hydrogen-bond donors (Lipinski definition) is 2. The summed E-state index contributed by atoms with van der Waals surface area (Å²) < 4.78 is 0. The fraction of sp³-hybridized carbons (Fsp3) is 0.692. The van der Waals surface area contributed by atoms with E-state index in [0.29, 0.717) is 23.2 Å². The lowest BCUT2D eigenvalue weighted by Crippen LogP contribution is -2.44. The second kappa shape index (κ2) is 6.41. The molecule has 1 saturated heterocycles. The average Bonchev–Trinajstić information content (AvgIpc) is 2.79. The van der Waals surface area contributed by atoms with Crippen LogP contribution in [-0.4, -0.2) is 55.6 Å². The zero-order chi connectivity index (χ0) is 14.7. The Bertz CT molecular complexity index is 465. The van der Waals surface area contributed by atoms with Crippen LogP contribution in [0.1, 0.15) is 23.5 Å². The van der Waals surface area contributed by atoms with E-state index in [4.69, 9.17) is 5.73 Å². The Balaban J connectivity index is 2.03. The zero-order valence-corrected chi connectivity index (χ0v) is 13.2. The maximum Gasteiger partial charge on any atom is 0.265 e. The number of nitrogen functional groups attached to an aromatic ring is 1. The summed E-state index contributed by atoms with van der Waals surface area (Å²) in [5.41, 5.74) is 5.88. The molecule has 1 aromatic rings. The van der Waals surface area contributed by atoms with E-state index in [1.165, 1.54) is 11.3 Å². The molecule has 6 nitrogen and oxygen atoms in total. The van der Waals surface area contributed by atoms with Crippen molar-refractivity contribution < 1.29 is 4.79 Å². The Hall–Kier alpha value is -1.34. The van der Waals surface area contributed by atoms with Crippen LogP contribution in [0.5, 0.6) is 0 Å². The van der Waals surface area contributed by atoms with Crippen LogP contribution in [0.15, 0.2) is 0 Å². The molecular formula is C13H23N5OS. The van der Waals surface area contributed by atoms with E-state index >= 15 is 0 Å². The van der Waals surface area contributed by atoms with Gasteiger partial charge in [0, 0.05) is 32.7 Å². The van der Waals surface area contributed by atoms with Crippen molar-refractivity contribution in [3.8, 4) is 0 Å². The minimum Gasteiger partial charge on any atom is -0.382 e. The number of thiazole rings is 1. The lowest BCUT2D eigenvalue weighted by atomic mass is 10.2. The van der Waals surface area contributed by atoms with E-state index in [1.807, 2.05) is 0 Å². The Morgan fingerprint density at radius 1 is 1.40 bits per heavy atom. The van der Waals surface area contributed by atoms with E-state index < -0.39 is 0 Å². The van der Waals surface area contributed by atoms with Gasteiger partial charge in [0.25, 0.3) is 5.91 Å². The highest BCUT2D eigenvalue weighted by Crippen LogP contribution is 2.28. The number of hydrogen-bond acceptors (Lipinski definition) is 6. The van der Waals surface area contributed by atoms with Crippen LogP contribution in [-0.2, 0) is 0 Å². The monoisotopic (exact) mass is 297 g/mol. The van der Waals surface area contributed by atoms with Gasteiger partial charge in [0.05, 0.1) is 0 Å². The number of aromatic nitrogens is 1. The number of rotatable bonds is 4. The number of carbonyl (C=O) groups is 1. The summed E-state index contributed by atoms with van der Waals surface area (Å²) in [5, 5.41) is 3.74. The van der Waals surface area contributed by atoms with Crippen molar-refractivity contribution >= 4 is 28.2 Å². The fourth-order valence-electron chi connectivity index (χ4n) is 1.99. The molecule has 7 heteroatoms. The van der Waals surface area contributed by atoms with Gasteiger partial charge < -0.3 is 20.9 Å². The van der Waals surface area contributed by atoms with Crippen molar-refractivity contribution in [3.05, 3.63) is 4.88 Å². The van der Waals surface area contributed by atoms with Gasteiger partial charge in [0.2, 0.25) is 0 Å². The minimum atomic E-state index is -0.117. The highest BCUT2D eigenvalue weighted by Gasteiger charge is 2.21. The van der Waals surface area contributed by atoms with Gasteiger partial charge in [0.15, 0.2) is 5.13 Å². The highest BCUT2D eigenvalue weighted by atomic mass is 32.1. The first kappa shape index (κ1) is 15.1. The maximum atomic E-state index is 12.1. The number of nitrogens with two attached hydrogens (primary N) is 1. The standard InChI is InChI=1S/C13H23N5OS/c1-9(2)8-15-12(19)10-11(14)16-13(20-10)18-6-4-17(3)5-7-18/h9H,4-8,14H2,1-3H3,(H,15,19). The average molecular weight is 297 g/mol. The molecule has 1 aliphatic rings. The molecule has 1 aromatic heterocycles. The largest absolute Gasteiger partial charge is 0.382 e. The molecule has 3 N–H and O–H groups in total. The number of amides is 1. The Morgan fingerprint density at radius 3 is 2.65 bits per heavy atom. The van der Waals surface area contributed by atoms with E-state index in [0.717, 1.165) is 31.3 Å². The first-order valence-electron chi connectivity index (χ1n) is 6.95. The van der Waals surface area contributed by atoms with Crippen molar-refractivity contribution in [2.24, 2.45) is 5.92 Å². The molecule has 0 atom stereocenters. The maximum absolute atomic E-state index is 12.1. The third-order valence-electron chi connectivity index (χ3n) is 3.29. The number of carbonyl (C=O) groups excluding carboxylic acids is 1. The van der Waals surface area contributed by atoms with Crippen LogP contribution in [0.25, 0.3) is 0 Å². The molecule has 0 spiro atoms. The van der Waals surface area contributed by atoms with Gasteiger partial charge in [-0.05, 0) is 13.0 Å². The van der Waals surface area contributed by atoms with Crippen LogP contribution in [0.4, 0.5) is 10.9 Å². The quantitative estimate of drug-likeness (QED) is 0.862. The second-order valence-corrected chi connectivity index (χ2v) is 6.58. The molecule has 0 saturated carbocycles. The van der Waals surface area contributed by atoms with Crippen molar-refractivity contribution in [1.82, 2.24) is 15.2 Å². The van der Waals surface area contributed by atoms with Gasteiger partial charge in [0.1, 0.15) is 10.7 Å². The summed E-state index contributed by atoms with van der Waals surface area (Å²) >= 11 is 1.39. The van der Waals surface area contributed by atoms with Gasteiger partial charge in [-0.15, -0.1) is 0 Å². The number of likely N-dealkylation sites (N-methyl/N-ethyl adjacent to an activating group) is 1. The molecule has 0 radical (unpaired) electrons. The summed E-state index contributed by atoms with van der Waals surface area (Å²) in [6, 6.07) is 0. The van der Waals surface area contributed by atoms with Gasteiger partial charge in [-0.3, -0.25) is 4.79 Å². The van der Waals surface area contributed by atoms with Crippen molar-refractivity contribution in [2.45, 2.75) is 13.8 Å². The van der Waals surface area contributed by atoms with Crippen LogP contribution in [0.2, 0.25) is 0 Å². The molecule has 1 fully saturated rings. The molecular weight excluding hydrogens is 274 g/mol. The molecule has 20 heavy (non-hydrogen) atoms. The van der Waals surface area contributed by atoms with Gasteiger partial charge in [-0.2, -0.15) is 0 Å². The Morgan fingerprint density at radius 2 is 2.05 bits per heavy atom. The van der Waals surface area contributed by atoms with Crippen LogP contribution in [0.3, 0.4) is 0 Å². The minimum absolute atomic E-state index is 0.117. The lowest BCUT2D eigenvalue weighted by molar-refractivity contribution is 0.0953. The van der Waals surface area contributed by atoms with Crippen molar-refractivity contribution in [3.63, 3.8) is 0 Å². The van der Waals surface area contributed by atoms with Crippen LogP contribution >= 0.6 is 11.3 Å². The lowest BCUT2D eigenvalue weighted by Gasteiger charge is -2.31. The van der Waals surface area contributed by atoms with Gasteiger partial charge >= 0.3 is 0 Å². The topological polar surface area (TPSA) is 74.5 Å². The molecule has 0 aromatic carbocycles. The molecule has 112 valence electrons. The van der Waals surface area contributed by atoms with Gasteiger partial charge in [-0.25, -0.2) is 4.98 Å². The fourth-order valence-corrected chi connectivity index (χ4v) is 2.95. The predicted octanol–water partition coefficient (Wildman–Crippen LogP) is 0.863.